The van der Waals surface area contributed by atoms with Crippen molar-refractivity contribution in [3.05, 3.63) is 22.2 Å². The SMILES string of the molecule is COc1cc(O)c(C(CN)C(=O)O)cc1Br. The third-order valence-electron chi connectivity index (χ3n) is 2.21. The van der Waals surface area contributed by atoms with E-state index in [0.717, 1.165) is 0 Å². The van der Waals surface area contributed by atoms with Crippen LogP contribution in [0.25, 0.3) is 0 Å². The van der Waals surface area contributed by atoms with Gasteiger partial charge in [-0.3, -0.25) is 4.79 Å². The molecular weight excluding hydrogens is 278 g/mol. The first-order chi connectivity index (χ1) is 7.51. The van der Waals surface area contributed by atoms with Crippen molar-refractivity contribution in [1.29, 1.82) is 0 Å². The molecule has 0 amide bonds. The lowest BCUT2D eigenvalue weighted by atomic mass is 9.98. The van der Waals surface area contributed by atoms with Gasteiger partial charge in [-0.15, -0.1) is 0 Å². The zero-order chi connectivity index (χ0) is 12.3. The maximum absolute atomic E-state index is 10.9. The maximum atomic E-state index is 10.9. The summed E-state index contributed by atoms with van der Waals surface area (Å²) in [5.41, 5.74) is 5.62. The molecule has 0 spiro atoms. The van der Waals surface area contributed by atoms with Crippen LogP contribution < -0.4 is 10.5 Å². The Bertz CT molecular complexity index is 408. The number of halogens is 1. The van der Waals surface area contributed by atoms with Crippen LogP contribution in [0.1, 0.15) is 11.5 Å². The predicted molar refractivity (Wildman–Crippen MR) is 61.8 cm³/mol. The van der Waals surface area contributed by atoms with E-state index in [-0.39, 0.29) is 17.9 Å². The summed E-state index contributed by atoms with van der Waals surface area (Å²) in [5.74, 6) is -1.71. The monoisotopic (exact) mass is 289 g/mol. The van der Waals surface area contributed by atoms with Gasteiger partial charge in [-0.2, -0.15) is 0 Å². The van der Waals surface area contributed by atoms with E-state index < -0.39 is 11.9 Å². The van der Waals surface area contributed by atoms with E-state index in [0.29, 0.717) is 10.2 Å². The van der Waals surface area contributed by atoms with Gasteiger partial charge in [-0.25, -0.2) is 0 Å². The van der Waals surface area contributed by atoms with Crippen molar-refractivity contribution in [2.24, 2.45) is 5.73 Å². The fraction of sp³-hybridized carbons (Fsp3) is 0.300. The van der Waals surface area contributed by atoms with Gasteiger partial charge >= 0.3 is 5.97 Å². The molecule has 0 aliphatic rings. The number of methoxy groups -OCH3 is 1. The summed E-state index contributed by atoms with van der Waals surface area (Å²) in [5, 5.41) is 18.6. The van der Waals surface area contributed by atoms with Crippen LogP contribution in [0.5, 0.6) is 11.5 Å². The number of hydrogen-bond donors (Lipinski definition) is 3. The molecule has 1 aromatic carbocycles. The highest BCUT2D eigenvalue weighted by Crippen LogP contribution is 2.35. The first-order valence-corrected chi connectivity index (χ1v) is 5.29. The number of hydrogen-bond acceptors (Lipinski definition) is 4. The lowest BCUT2D eigenvalue weighted by molar-refractivity contribution is -0.138. The Kier molecular flexibility index (Phi) is 4.14. The van der Waals surface area contributed by atoms with Crippen LogP contribution >= 0.6 is 15.9 Å². The molecule has 0 heterocycles. The Morgan fingerprint density at radius 3 is 2.69 bits per heavy atom. The Morgan fingerprint density at radius 1 is 1.62 bits per heavy atom. The standard InChI is InChI=1S/C10H12BrNO4/c1-16-9-3-8(13)5(2-7(9)11)6(4-12)10(14)15/h2-3,6,13H,4,12H2,1H3,(H,14,15). The molecule has 0 saturated carbocycles. The zero-order valence-electron chi connectivity index (χ0n) is 8.61. The Morgan fingerprint density at radius 2 is 2.25 bits per heavy atom. The van der Waals surface area contributed by atoms with Gasteiger partial charge in [0.1, 0.15) is 11.5 Å². The van der Waals surface area contributed by atoms with Gasteiger partial charge < -0.3 is 20.7 Å². The second-order valence-electron chi connectivity index (χ2n) is 3.17. The highest BCUT2D eigenvalue weighted by atomic mass is 79.9. The number of carboxylic acid groups (broad SMARTS) is 1. The van der Waals surface area contributed by atoms with E-state index in [2.05, 4.69) is 15.9 Å². The van der Waals surface area contributed by atoms with Crippen LogP contribution in [0, 0.1) is 0 Å². The van der Waals surface area contributed by atoms with Gasteiger partial charge in [0.25, 0.3) is 0 Å². The summed E-state index contributed by atoms with van der Waals surface area (Å²) >= 11 is 3.22. The number of aromatic hydroxyl groups is 1. The second-order valence-corrected chi connectivity index (χ2v) is 4.03. The summed E-state index contributed by atoms with van der Waals surface area (Å²) in [6, 6.07) is 2.85. The van der Waals surface area contributed by atoms with Crippen LogP contribution in [0.3, 0.4) is 0 Å². The summed E-state index contributed by atoms with van der Waals surface area (Å²) in [4.78, 5) is 10.9. The second kappa shape index (κ2) is 5.18. The first kappa shape index (κ1) is 12.8. The van der Waals surface area contributed by atoms with Crippen molar-refractivity contribution < 1.29 is 19.7 Å². The number of phenols is 1. The molecule has 0 bridgehead atoms. The number of benzene rings is 1. The van der Waals surface area contributed by atoms with E-state index in [1.165, 1.54) is 19.2 Å². The third-order valence-corrected chi connectivity index (χ3v) is 2.83. The normalized spacial score (nSPS) is 12.2. The fourth-order valence-electron chi connectivity index (χ4n) is 1.35. The molecule has 0 aliphatic heterocycles. The van der Waals surface area contributed by atoms with Gasteiger partial charge in [0.05, 0.1) is 17.5 Å². The summed E-state index contributed by atoms with van der Waals surface area (Å²) in [6.45, 7) is -0.0817. The van der Waals surface area contributed by atoms with E-state index >= 15 is 0 Å². The minimum absolute atomic E-state index is 0.0817. The summed E-state index contributed by atoms with van der Waals surface area (Å²) < 4.78 is 5.54. The number of ether oxygens (including phenoxy) is 1. The molecule has 1 aromatic rings. The average molecular weight is 290 g/mol. The van der Waals surface area contributed by atoms with Crippen molar-refractivity contribution in [2.45, 2.75) is 5.92 Å². The van der Waals surface area contributed by atoms with E-state index in [4.69, 9.17) is 15.6 Å². The average Bonchev–Trinajstić information content (AvgIpc) is 2.23. The van der Waals surface area contributed by atoms with E-state index in [1.807, 2.05) is 0 Å². The van der Waals surface area contributed by atoms with Gasteiger partial charge in [0, 0.05) is 18.2 Å². The first-order valence-electron chi connectivity index (χ1n) is 4.50. The molecule has 1 rings (SSSR count). The van der Waals surface area contributed by atoms with Crippen LogP contribution in [-0.4, -0.2) is 29.8 Å². The lowest BCUT2D eigenvalue weighted by Gasteiger charge is -2.14. The molecule has 0 saturated heterocycles. The maximum Gasteiger partial charge on any atom is 0.312 e. The number of carbonyl (C=O) groups is 1. The molecule has 0 radical (unpaired) electrons. The molecule has 16 heavy (non-hydrogen) atoms. The van der Waals surface area contributed by atoms with E-state index in [1.54, 1.807) is 0 Å². The third kappa shape index (κ3) is 2.45. The quantitative estimate of drug-likeness (QED) is 0.777. The number of nitrogens with two attached hydrogens (primary N) is 1. The fourth-order valence-corrected chi connectivity index (χ4v) is 1.88. The Balaban J connectivity index is 3.24. The van der Waals surface area contributed by atoms with Gasteiger partial charge in [-0.05, 0) is 22.0 Å². The number of aliphatic carboxylic acids is 1. The molecule has 0 fully saturated rings. The Hall–Kier alpha value is -1.27. The Labute approximate surface area is 101 Å². The van der Waals surface area contributed by atoms with Crippen LogP contribution in [0.2, 0.25) is 0 Å². The molecular formula is C10H12BrNO4. The topological polar surface area (TPSA) is 92.8 Å². The van der Waals surface area contributed by atoms with E-state index in [9.17, 15) is 9.90 Å². The van der Waals surface area contributed by atoms with Crippen molar-refractivity contribution in [2.75, 3.05) is 13.7 Å². The minimum atomic E-state index is -1.07. The number of rotatable bonds is 4. The summed E-state index contributed by atoms with van der Waals surface area (Å²) in [7, 11) is 1.46. The highest BCUT2D eigenvalue weighted by molar-refractivity contribution is 9.10. The molecule has 88 valence electrons. The molecule has 1 unspecified atom stereocenters. The molecule has 4 N–H and O–H groups in total. The molecule has 1 atom stereocenters. The molecule has 0 aliphatic carbocycles. The number of carboxylic acids is 1. The highest BCUT2D eigenvalue weighted by Gasteiger charge is 2.22. The smallest absolute Gasteiger partial charge is 0.312 e. The molecule has 6 heteroatoms. The van der Waals surface area contributed by atoms with Crippen LogP contribution in [-0.2, 0) is 4.79 Å². The van der Waals surface area contributed by atoms with Crippen molar-refractivity contribution in [1.82, 2.24) is 0 Å². The summed E-state index contributed by atoms with van der Waals surface area (Å²) in [6.07, 6.45) is 0. The number of phenolic OH excluding ortho intramolecular Hbond substituents is 1. The molecule has 0 aromatic heterocycles. The van der Waals surface area contributed by atoms with Crippen molar-refractivity contribution in [3.8, 4) is 11.5 Å². The lowest BCUT2D eigenvalue weighted by Crippen LogP contribution is -2.21. The zero-order valence-corrected chi connectivity index (χ0v) is 10.2. The van der Waals surface area contributed by atoms with Crippen LogP contribution in [0.4, 0.5) is 0 Å². The molecule has 5 nitrogen and oxygen atoms in total. The van der Waals surface area contributed by atoms with Gasteiger partial charge in [-0.1, -0.05) is 0 Å². The van der Waals surface area contributed by atoms with Crippen molar-refractivity contribution in [3.63, 3.8) is 0 Å². The van der Waals surface area contributed by atoms with Crippen LogP contribution in [0.15, 0.2) is 16.6 Å². The van der Waals surface area contributed by atoms with Crippen molar-refractivity contribution >= 4 is 21.9 Å². The predicted octanol–water partition coefficient (Wildman–Crippen LogP) is 1.29. The van der Waals surface area contributed by atoms with Gasteiger partial charge in [0.15, 0.2) is 0 Å². The van der Waals surface area contributed by atoms with Gasteiger partial charge in [0.2, 0.25) is 0 Å². The largest absolute Gasteiger partial charge is 0.508 e. The minimum Gasteiger partial charge on any atom is -0.508 e.